The Labute approximate surface area is 170 Å². The molecule has 3 aromatic rings. The van der Waals surface area contributed by atoms with Crippen molar-refractivity contribution in [2.75, 3.05) is 12.4 Å². The Balaban J connectivity index is 1.59. The van der Waals surface area contributed by atoms with E-state index >= 15 is 0 Å². The predicted octanol–water partition coefficient (Wildman–Crippen LogP) is 4.69. The van der Waals surface area contributed by atoms with Crippen LogP contribution in [0.1, 0.15) is 56.1 Å². The molecule has 0 spiro atoms. The standard InChI is InChI=1S/C24H24N2O3/c1-15-22-19(9-6-10-20(22)27)26-23(15)24(28)25-18-11-12-21(29-2)17(14-18)13-16-7-4-3-5-8-16/h3-5,7-8,11-12,14,26H,6,9-10,13H2,1-2H3,(H,25,28). The number of H-pyrrole nitrogens is 1. The van der Waals surface area contributed by atoms with Gasteiger partial charge in [-0.3, -0.25) is 9.59 Å². The van der Waals surface area contributed by atoms with Gasteiger partial charge in [-0.1, -0.05) is 30.3 Å². The normalized spacial score (nSPS) is 13.1. The predicted molar refractivity (Wildman–Crippen MR) is 113 cm³/mol. The molecule has 5 heteroatoms. The number of aromatic nitrogens is 1. The minimum absolute atomic E-state index is 0.119. The molecule has 0 aliphatic heterocycles. The van der Waals surface area contributed by atoms with Crippen LogP contribution < -0.4 is 10.1 Å². The van der Waals surface area contributed by atoms with Gasteiger partial charge in [0.2, 0.25) is 0 Å². The lowest BCUT2D eigenvalue weighted by molar-refractivity contribution is 0.0971. The summed E-state index contributed by atoms with van der Waals surface area (Å²) >= 11 is 0. The zero-order chi connectivity index (χ0) is 20.4. The van der Waals surface area contributed by atoms with Crippen molar-refractivity contribution >= 4 is 17.4 Å². The van der Waals surface area contributed by atoms with Crippen LogP contribution in [0.15, 0.2) is 48.5 Å². The van der Waals surface area contributed by atoms with Gasteiger partial charge in [-0.05, 0) is 49.1 Å². The van der Waals surface area contributed by atoms with Crippen LogP contribution in [0.3, 0.4) is 0 Å². The van der Waals surface area contributed by atoms with E-state index in [1.807, 2.05) is 43.3 Å². The van der Waals surface area contributed by atoms with Gasteiger partial charge in [0.1, 0.15) is 11.4 Å². The van der Waals surface area contributed by atoms with Crippen molar-refractivity contribution < 1.29 is 14.3 Å². The zero-order valence-corrected chi connectivity index (χ0v) is 16.7. The van der Waals surface area contributed by atoms with E-state index in [0.29, 0.717) is 29.8 Å². The third-order valence-corrected chi connectivity index (χ3v) is 5.44. The number of anilines is 1. The summed E-state index contributed by atoms with van der Waals surface area (Å²) in [5.74, 6) is 0.665. The first-order chi connectivity index (χ1) is 14.1. The molecule has 0 atom stereocenters. The molecule has 1 heterocycles. The quantitative estimate of drug-likeness (QED) is 0.666. The topological polar surface area (TPSA) is 71.2 Å². The molecular formula is C24H24N2O3. The summed E-state index contributed by atoms with van der Waals surface area (Å²) in [5.41, 5.74) is 5.63. The Morgan fingerprint density at radius 2 is 1.93 bits per heavy atom. The maximum atomic E-state index is 12.9. The van der Waals surface area contributed by atoms with Gasteiger partial charge in [-0.15, -0.1) is 0 Å². The number of nitrogens with one attached hydrogen (secondary N) is 2. The van der Waals surface area contributed by atoms with Gasteiger partial charge in [0.05, 0.1) is 7.11 Å². The van der Waals surface area contributed by atoms with Crippen molar-refractivity contribution in [1.29, 1.82) is 0 Å². The van der Waals surface area contributed by atoms with E-state index in [4.69, 9.17) is 4.74 Å². The molecule has 0 unspecified atom stereocenters. The molecule has 1 aliphatic carbocycles. The van der Waals surface area contributed by atoms with Crippen molar-refractivity contribution in [3.05, 3.63) is 82.2 Å². The highest BCUT2D eigenvalue weighted by molar-refractivity contribution is 6.08. The molecular weight excluding hydrogens is 364 g/mol. The van der Waals surface area contributed by atoms with Crippen LogP contribution in [-0.4, -0.2) is 23.8 Å². The number of methoxy groups -OCH3 is 1. The second-order valence-electron chi connectivity index (χ2n) is 7.40. The van der Waals surface area contributed by atoms with Gasteiger partial charge in [-0.2, -0.15) is 0 Å². The van der Waals surface area contributed by atoms with Crippen molar-refractivity contribution in [1.82, 2.24) is 4.98 Å². The summed E-state index contributed by atoms with van der Waals surface area (Å²) in [6.07, 6.45) is 2.89. The van der Waals surface area contributed by atoms with Crippen molar-refractivity contribution in [3.8, 4) is 5.75 Å². The molecule has 0 saturated heterocycles. The molecule has 1 aromatic heterocycles. The number of aryl methyl sites for hydroxylation is 1. The lowest BCUT2D eigenvalue weighted by atomic mass is 9.94. The monoisotopic (exact) mass is 388 g/mol. The van der Waals surface area contributed by atoms with E-state index in [9.17, 15) is 9.59 Å². The lowest BCUT2D eigenvalue weighted by Gasteiger charge is -2.12. The summed E-state index contributed by atoms with van der Waals surface area (Å²) in [4.78, 5) is 28.3. The van der Waals surface area contributed by atoms with Gasteiger partial charge >= 0.3 is 0 Å². The van der Waals surface area contributed by atoms with E-state index < -0.39 is 0 Å². The number of rotatable bonds is 5. The van der Waals surface area contributed by atoms with Gasteiger partial charge < -0.3 is 15.0 Å². The smallest absolute Gasteiger partial charge is 0.272 e. The first-order valence-electron chi connectivity index (χ1n) is 9.83. The highest BCUT2D eigenvalue weighted by Gasteiger charge is 2.26. The number of carbonyl (C=O) groups is 2. The number of Topliss-reactive ketones (excluding diaryl/α,β-unsaturated/α-hetero) is 1. The molecule has 0 fully saturated rings. The zero-order valence-electron chi connectivity index (χ0n) is 16.7. The lowest BCUT2D eigenvalue weighted by Crippen LogP contribution is -2.14. The third kappa shape index (κ3) is 3.81. The summed E-state index contributed by atoms with van der Waals surface area (Å²) < 4.78 is 5.49. The van der Waals surface area contributed by atoms with E-state index in [1.54, 1.807) is 7.11 Å². The van der Waals surface area contributed by atoms with Crippen LogP contribution in [0.2, 0.25) is 0 Å². The van der Waals surface area contributed by atoms with Crippen LogP contribution >= 0.6 is 0 Å². The first kappa shape index (κ1) is 19.0. The van der Waals surface area contributed by atoms with Crippen LogP contribution in [0.4, 0.5) is 5.69 Å². The number of ether oxygens (including phenoxy) is 1. The fourth-order valence-corrected chi connectivity index (χ4v) is 4.01. The van der Waals surface area contributed by atoms with Crippen molar-refractivity contribution in [2.45, 2.75) is 32.6 Å². The number of ketones is 1. The third-order valence-electron chi connectivity index (χ3n) is 5.44. The van der Waals surface area contributed by atoms with E-state index in [1.165, 1.54) is 5.56 Å². The number of fused-ring (bicyclic) bond motifs is 1. The molecule has 1 aliphatic rings. The van der Waals surface area contributed by atoms with Gasteiger partial charge in [-0.25, -0.2) is 0 Å². The molecule has 0 saturated carbocycles. The number of benzene rings is 2. The van der Waals surface area contributed by atoms with Crippen molar-refractivity contribution in [2.24, 2.45) is 0 Å². The SMILES string of the molecule is COc1ccc(NC(=O)c2[nH]c3c(c2C)C(=O)CCC3)cc1Cc1ccccc1. The molecule has 29 heavy (non-hydrogen) atoms. The average Bonchev–Trinajstić information content (AvgIpc) is 3.07. The molecule has 0 radical (unpaired) electrons. The van der Waals surface area contributed by atoms with Crippen LogP contribution in [0, 0.1) is 6.92 Å². The Kier molecular flexibility index (Phi) is 5.21. The fourth-order valence-electron chi connectivity index (χ4n) is 4.01. The Morgan fingerprint density at radius 3 is 2.66 bits per heavy atom. The first-order valence-corrected chi connectivity index (χ1v) is 9.83. The Bertz CT molecular complexity index is 1070. The average molecular weight is 388 g/mol. The summed E-state index contributed by atoms with van der Waals surface area (Å²) in [5, 5.41) is 2.96. The molecule has 5 nitrogen and oxygen atoms in total. The maximum absolute atomic E-state index is 12.9. The van der Waals surface area contributed by atoms with E-state index in [-0.39, 0.29) is 11.7 Å². The Hall–Kier alpha value is -3.34. The van der Waals surface area contributed by atoms with Gasteiger partial charge in [0.25, 0.3) is 5.91 Å². The van der Waals surface area contributed by atoms with E-state index in [2.05, 4.69) is 22.4 Å². The highest BCUT2D eigenvalue weighted by atomic mass is 16.5. The van der Waals surface area contributed by atoms with Crippen molar-refractivity contribution in [3.63, 3.8) is 0 Å². The molecule has 1 amide bonds. The Morgan fingerprint density at radius 1 is 1.14 bits per heavy atom. The van der Waals surface area contributed by atoms with E-state index in [0.717, 1.165) is 35.4 Å². The maximum Gasteiger partial charge on any atom is 0.272 e. The molecule has 2 N–H and O–H groups in total. The molecule has 2 aromatic carbocycles. The number of hydrogen-bond donors (Lipinski definition) is 2. The van der Waals surface area contributed by atoms with Gasteiger partial charge in [0, 0.05) is 35.3 Å². The molecule has 0 bridgehead atoms. The molecule has 148 valence electrons. The van der Waals surface area contributed by atoms with Crippen LogP contribution in [0.5, 0.6) is 5.75 Å². The summed E-state index contributed by atoms with van der Waals surface area (Å²) in [7, 11) is 1.64. The highest BCUT2D eigenvalue weighted by Crippen LogP contribution is 2.28. The summed E-state index contributed by atoms with van der Waals surface area (Å²) in [6.45, 7) is 1.84. The fraction of sp³-hybridized carbons (Fsp3) is 0.250. The number of aromatic amines is 1. The molecule has 4 rings (SSSR count). The second kappa shape index (κ2) is 7.95. The number of amides is 1. The van der Waals surface area contributed by atoms with Crippen LogP contribution in [-0.2, 0) is 12.8 Å². The number of hydrogen-bond acceptors (Lipinski definition) is 3. The minimum atomic E-state index is -0.236. The largest absolute Gasteiger partial charge is 0.496 e. The minimum Gasteiger partial charge on any atom is -0.496 e. The summed E-state index contributed by atoms with van der Waals surface area (Å²) in [6, 6.07) is 15.8. The second-order valence-corrected chi connectivity index (χ2v) is 7.40. The van der Waals surface area contributed by atoms with Crippen LogP contribution in [0.25, 0.3) is 0 Å². The number of carbonyl (C=O) groups excluding carboxylic acids is 2. The van der Waals surface area contributed by atoms with Gasteiger partial charge in [0.15, 0.2) is 5.78 Å².